The summed E-state index contributed by atoms with van der Waals surface area (Å²) in [7, 11) is -4.79. The standard InChI is InChI=1S/C6H13O9P/c7-3(1-5(9)10)6(11)4(8)2-15-16(12,13)14/h3-4,6-8,11H,1-2H2,(H,9,10)(H2,12,13,14). The van der Waals surface area contributed by atoms with Gasteiger partial charge in [-0.2, -0.15) is 0 Å². The first-order valence-electron chi connectivity index (χ1n) is 4.09. The second-order valence-electron chi connectivity index (χ2n) is 3.01. The van der Waals surface area contributed by atoms with Crippen molar-refractivity contribution in [3.63, 3.8) is 0 Å². The fraction of sp³-hybridized carbons (Fsp3) is 0.833. The summed E-state index contributed by atoms with van der Waals surface area (Å²) in [6, 6.07) is 0. The molecule has 3 unspecified atom stereocenters. The van der Waals surface area contributed by atoms with Crippen LogP contribution in [0, 0.1) is 0 Å². The number of carbonyl (C=O) groups is 1. The Morgan fingerprint density at radius 3 is 2.06 bits per heavy atom. The molecule has 0 saturated carbocycles. The Hall–Kier alpha value is -0.540. The molecular formula is C6H13O9P. The van der Waals surface area contributed by atoms with Gasteiger partial charge in [0.15, 0.2) is 0 Å². The molecule has 0 fully saturated rings. The maximum atomic E-state index is 10.2. The maximum Gasteiger partial charge on any atom is 0.469 e. The topological polar surface area (TPSA) is 165 Å². The van der Waals surface area contributed by atoms with Crippen LogP contribution in [0.5, 0.6) is 0 Å². The molecule has 0 aromatic heterocycles. The zero-order chi connectivity index (χ0) is 12.9. The number of rotatable bonds is 7. The van der Waals surface area contributed by atoms with E-state index in [1.54, 1.807) is 0 Å². The average Bonchev–Trinajstić information content (AvgIpc) is 2.10. The molecule has 10 heteroatoms. The fourth-order valence-corrected chi connectivity index (χ4v) is 1.18. The molecule has 6 N–H and O–H groups in total. The summed E-state index contributed by atoms with van der Waals surface area (Å²) in [6.07, 6.45) is -6.24. The molecule has 0 radical (unpaired) electrons. The van der Waals surface area contributed by atoms with Crippen LogP contribution >= 0.6 is 7.82 Å². The number of aliphatic carboxylic acids is 1. The minimum atomic E-state index is -4.79. The van der Waals surface area contributed by atoms with Gasteiger partial charge in [0.05, 0.1) is 19.1 Å². The Bertz CT molecular complexity index is 273. The number of aliphatic hydroxyl groups excluding tert-OH is 3. The Morgan fingerprint density at radius 2 is 1.69 bits per heavy atom. The van der Waals surface area contributed by atoms with Gasteiger partial charge in [-0.1, -0.05) is 0 Å². The number of hydrogen-bond acceptors (Lipinski definition) is 6. The van der Waals surface area contributed by atoms with E-state index in [2.05, 4.69) is 4.52 Å². The molecule has 0 aromatic rings. The van der Waals surface area contributed by atoms with Crippen LogP contribution in [-0.2, 0) is 13.9 Å². The minimum absolute atomic E-state index is 0.811. The van der Waals surface area contributed by atoms with Gasteiger partial charge in [-0.15, -0.1) is 0 Å². The third kappa shape index (κ3) is 6.85. The van der Waals surface area contributed by atoms with E-state index in [0.29, 0.717) is 0 Å². The second kappa shape index (κ2) is 6.26. The summed E-state index contributed by atoms with van der Waals surface area (Å²) in [6.45, 7) is -0.928. The Kier molecular flexibility index (Phi) is 6.05. The quantitative estimate of drug-likeness (QED) is 0.275. The monoisotopic (exact) mass is 260 g/mol. The van der Waals surface area contributed by atoms with Crippen LogP contribution in [0.4, 0.5) is 0 Å². The van der Waals surface area contributed by atoms with Crippen LogP contribution in [-0.4, -0.2) is 61.1 Å². The van der Waals surface area contributed by atoms with Crippen LogP contribution < -0.4 is 0 Å². The number of carboxylic acid groups (broad SMARTS) is 1. The molecular weight excluding hydrogens is 247 g/mol. The lowest BCUT2D eigenvalue weighted by Gasteiger charge is -2.21. The van der Waals surface area contributed by atoms with Crippen molar-refractivity contribution in [1.29, 1.82) is 0 Å². The van der Waals surface area contributed by atoms with E-state index in [-0.39, 0.29) is 0 Å². The molecule has 0 amide bonds. The van der Waals surface area contributed by atoms with Crippen molar-refractivity contribution in [2.24, 2.45) is 0 Å². The van der Waals surface area contributed by atoms with Gasteiger partial charge >= 0.3 is 13.8 Å². The van der Waals surface area contributed by atoms with E-state index in [4.69, 9.17) is 30.2 Å². The average molecular weight is 260 g/mol. The van der Waals surface area contributed by atoms with Gasteiger partial charge < -0.3 is 30.2 Å². The van der Waals surface area contributed by atoms with Gasteiger partial charge in [0, 0.05) is 0 Å². The number of aliphatic hydroxyl groups is 3. The van der Waals surface area contributed by atoms with Gasteiger partial charge in [0.25, 0.3) is 0 Å². The van der Waals surface area contributed by atoms with E-state index in [1.807, 2.05) is 0 Å². The lowest BCUT2D eigenvalue weighted by molar-refractivity contribution is -0.143. The van der Waals surface area contributed by atoms with Gasteiger partial charge in [-0.05, 0) is 0 Å². The van der Waals surface area contributed by atoms with Gasteiger partial charge in [-0.3, -0.25) is 9.32 Å². The van der Waals surface area contributed by atoms with Crippen LogP contribution in [0.2, 0.25) is 0 Å². The summed E-state index contributed by atoms with van der Waals surface area (Å²) in [5, 5.41) is 35.5. The molecule has 9 nitrogen and oxygen atoms in total. The highest BCUT2D eigenvalue weighted by Gasteiger charge is 2.28. The summed E-state index contributed by atoms with van der Waals surface area (Å²) in [4.78, 5) is 26.7. The SMILES string of the molecule is O=C(O)CC(O)C(O)C(O)COP(=O)(O)O. The van der Waals surface area contributed by atoms with Crippen molar-refractivity contribution in [2.45, 2.75) is 24.7 Å². The summed E-state index contributed by atoms with van der Waals surface area (Å²) >= 11 is 0. The summed E-state index contributed by atoms with van der Waals surface area (Å²) in [5.41, 5.74) is 0. The fourth-order valence-electron chi connectivity index (χ4n) is 0.828. The van der Waals surface area contributed by atoms with Crippen molar-refractivity contribution in [2.75, 3.05) is 6.61 Å². The van der Waals surface area contributed by atoms with Crippen molar-refractivity contribution < 1.29 is 44.1 Å². The van der Waals surface area contributed by atoms with Crippen molar-refractivity contribution >= 4 is 13.8 Å². The number of phosphoric ester groups is 1. The first-order chi connectivity index (χ1) is 7.13. The second-order valence-corrected chi connectivity index (χ2v) is 4.25. The molecule has 0 spiro atoms. The number of hydrogen-bond donors (Lipinski definition) is 6. The Labute approximate surface area is 90.2 Å². The highest BCUT2D eigenvalue weighted by atomic mass is 31.2. The Balaban J connectivity index is 4.12. The molecule has 0 saturated heterocycles. The lowest BCUT2D eigenvalue weighted by atomic mass is 10.1. The van der Waals surface area contributed by atoms with Crippen molar-refractivity contribution in [3.8, 4) is 0 Å². The molecule has 0 aromatic carbocycles. The van der Waals surface area contributed by atoms with E-state index in [9.17, 15) is 9.36 Å². The minimum Gasteiger partial charge on any atom is -0.481 e. The van der Waals surface area contributed by atoms with E-state index >= 15 is 0 Å². The predicted molar refractivity (Wildman–Crippen MR) is 48.3 cm³/mol. The molecule has 0 rings (SSSR count). The highest BCUT2D eigenvalue weighted by molar-refractivity contribution is 7.46. The third-order valence-corrected chi connectivity index (χ3v) is 2.07. The normalized spacial score (nSPS) is 17.8. The first kappa shape index (κ1) is 15.5. The van der Waals surface area contributed by atoms with E-state index < -0.39 is 45.1 Å². The van der Waals surface area contributed by atoms with Crippen LogP contribution in [0.25, 0.3) is 0 Å². The van der Waals surface area contributed by atoms with Crippen LogP contribution in [0.3, 0.4) is 0 Å². The molecule has 0 heterocycles. The largest absolute Gasteiger partial charge is 0.481 e. The summed E-state index contributed by atoms with van der Waals surface area (Å²) < 4.78 is 14.1. The van der Waals surface area contributed by atoms with Gasteiger partial charge in [-0.25, -0.2) is 4.57 Å². The maximum absolute atomic E-state index is 10.2. The molecule has 0 bridgehead atoms. The molecule has 0 aliphatic carbocycles. The summed E-state index contributed by atoms with van der Waals surface area (Å²) in [5.74, 6) is -1.39. The van der Waals surface area contributed by atoms with Crippen molar-refractivity contribution in [3.05, 3.63) is 0 Å². The molecule has 0 aliphatic rings. The van der Waals surface area contributed by atoms with E-state index in [1.165, 1.54) is 0 Å². The van der Waals surface area contributed by atoms with Crippen LogP contribution in [0.1, 0.15) is 6.42 Å². The smallest absolute Gasteiger partial charge is 0.469 e. The third-order valence-electron chi connectivity index (χ3n) is 1.59. The number of phosphoric acid groups is 1. The van der Waals surface area contributed by atoms with Gasteiger partial charge in [0.1, 0.15) is 12.2 Å². The highest BCUT2D eigenvalue weighted by Crippen LogP contribution is 2.35. The predicted octanol–water partition coefficient (Wildman–Crippen LogP) is -2.35. The molecule has 16 heavy (non-hydrogen) atoms. The molecule has 0 aliphatic heterocycles. The van der Waals surface area contributed by atoms with Gasteiger partial charge in [0.2, 0.25) is 0 Å². The molecule has 96 valence electrons. The van der Waals surface area contributed by atoms with Crippen molar-refractivity contribution in [1.82, 2.24) is 0 Å². The first-order valence-corrected chi connectivity index (χ1v) is 5.62. The number of carboxylic acids is 1. The zero-order valence-corrected chi connectivity index (χ0v) is 8.90. The molecule has 3 atom stereocenters. The zero-order valence-electron chi connectivity index (χ0n) is 8.00. The van der Waals surface area contributed by atoms with E-state index in [0.717, 1.165) is 0 Å². The lowest BCUT2D eigenvalue weighted by Crippen LogP contribution is -2.40. The van der Waals surface area contributed by atoms with Crippen LogP contribution in [0.15, 0.2) is 0 Å². The Morgan fingerprint density at radius 1 is 1.19 bits per heavy atom.